The Morgan fingerprint density at radius 1 is 1.35 bits per heavy atom. The fourth-order valence-electron chi connectivity index (χ4n) is 3.48. The van der Waals surface area contributed by atoms with Crippen molar-refractivity contribution in [2.75, 3.05) is 12.8 Å². The number of H-pyrrole nitrogens is 1. The topological polar surface area (TPSA) is 204 Å². The first-order valence-electron chi connectivity index (χ1n) is 9.71. The minimum Gasteiger partial charge on any atom is -0.477 e. The number of aryl methyl sites for hydroxylation is 1. The summed E-state index contributed by atoms with van der Waals surface area (Å²) in [6.07, 6.45) is 1.95. The maximum absolute atomic E-state index is 11.4. The molecule has 3 aromatic heterocycles. The molecule has 0 fully saturated rings. The van der Waals surface area contributed by atoms with Gasteiger partial charge in [-0.15, -0.1) is 5.10 Å². The van der Waals surface area contributed by atoms with Gasteiger partial charge >= 0.3 is 17.7 Å². The van der Waals surface area contributed by atoms with Crippen LogP contribution in [0.1, 0.15) is 44.6 Å². The lowest BCUT2D eigenvalue weighted by atomic mass is 10.0. The van der Waals surface area contributed by atoms with Crippen LogP contribution in [0.25, 0.3) is 17.2 Å². The monoisotopic (exact) mass is 488 g/mol. The molecule has 1 aliphatic rings. The lowest BCUT2D eigenvalue weighted by molar-refractivity contribution is 0.0590. The second-order valence-electron chi connectivity index (χ2n) is 7.06. The SMILES string of the molecule is COC(=O)c1cc(C(=O)O)nc2nc(N)nn12.O=c1[nH]c(-c2ccc3c(c2)CC[C@@H]3NCl)no1. The van der Waals surface area contributed by atoms with Gasteiger partial charge in [-0.1, -0.05) is 17.3 Å². The number of aromatic nitrogens is 6. The van der Waals surface area contributed by atoms with Crippen LogP contribution in [0.15, 0.2) is 33.6 Å². The highest BCUT2D eigenvalue weighted by molar-refractivity contribution is 6.13. The highest BCUT2D eigenvalue weighted by Crippen LogP contribution is 2.33. The lowest BCUT2D eigenvalue weighted by Gasteiger charge is -2.08. The van der Waals surface area contributed by atoms with Crippen LogP contribution in [0.4, 0.5) is 5.95 Å². The highest BCUT2D eigenvalue weighted by atomic mass is 35.5. The molecular formula is C19H17ClN8O6. The molecule has 0 aliphatic heterocycles. The van der Waals surface area contributed by atoms with E-state index in [-0.39, 0.29) is 29.2 Å². The van der Waals surface area contributed by atoms with E-state index in [2.05, 4.69) is 39.3 Å². The maximum Gasteiger partial charge on any atom is 0.439 e. The lowest BCUT2D eigenvalue weighted by Crippen LogP contribution is -2.13. The van der Waals surface area contributed by atoms with E-state index >= 15 is 0 Å². The zero-order valence-corrected chi connectivity index (χ0v) is 18.2. The van der Waals surface area contributed by atoms with Crippen LogP contribution in [-0.2, 0) is 11.2 Å². The van der Waals surface area contributed by atoms with Crippen molar-refractivity contribution in [3.8, 4) is 11.4 Å². The predicted molar refractivity (Wildman–Crippen MR) is 116 cm³/mol. The third-order valence-electron chi connectivity index (χ3n) is 5.01. The van der Waals surface area contributed by atoms with Gasteiger partial charge in [0.15, 0.2) is 17.2 Å². The van der Waals surface area contributed by atoms with E-state index in [9.17, 15) is 14.4 Å². The van der Waals surface area contributed by atoms with E-state index in [1.807, 2.05) is 18.2 Å². The van der Waals surface area contributed by atoms with Gasteiger partial charge in [0.25, 0.3) is 5.78 Å². The Labute approximate surface area is 194 Å². The van der Waals surface area contributed by atoms with Crippen LogP contribution in [0.5, 0.6) is 0 Å². The number of aromatic amines is 1. The van der Waals surface area contributed by atoms with Crippen molar-refractivity contribution in [3.05, 3.63) is 57.3 Å². The molecule has 0 spiro atoms. The molecule has 5 rings (SSSR count). The number of nitrogen functional groups attached to an aromatic ring is 1. The zero-order chi connectivity index (χ0) is 24.4. The summed E-state index contributed by atoms with van der Waals surface area (Å²) in [4.78, 5) is 45.8. The quantitative estimate of drug-likeness (QED) is 0.234. The number of carbonyl (C=O) groups is 2. The number of esters is 1. The maximum atomic E-state index is 11.4. The van der Waals surface area contributed by atoms with Crippen LogP contribution >= 0.6 is 11.8 Å². The summed E-state index contributed by atoms with van der Waals surface area (Å²) in [5, 5.41) is 16.2. The van der Waals surface area contributed by atoms with Crippen LogP contribution in [0.2, 0.25) is 0 Å². The third-order valence-corrected chi connectivity index (χ3v) is 5.27. The number of nitrogens with two attached hydrogens (primary N) is 1. The molecule has 0 saturated heterocycles. The molecule has 1 aromatic carbocycles. The fourth-order valence-corrected chi connectivity index (χ4v) is 3.70. The van der Waals surface area contributed by atoms with Crippen molar-refractivity contribution in [1.82, 2.24) is 34.6 Å². The summed E-state index contributed by atoms with van der Waals surface area (Å²) in [6.45, 7) is 0. The van der Waals surface area contributed by atoms with Crippen molar-refractivity contribution in [2.45, 2.75) is 18.9 Å². The van der Waals surface area contributed by atoms with Crippen molar-refractivity contribution in [1.29, 1.82) is 0 Å². The van der Waals surface area contributed by atoms with E-state index in [1.54, 1.807) is 0 Å². The van der Waals surface area contributed by atoms with Gasteiger partial charge < -0.3 is 15.6 Å². The molecule has 0 saturated carbocycles. The third kappa shape index (κ3) is 4.44. The van der Waals surface area contributed by atoms with E-state index in [0.717, 1.165) is 36.1 Å². The number of carbonyl (C=O) groups excluding carboxylic acids is 1. The Kier molecular flexibility index (Phi) is 6.25. The number of hydrogen-bond donors (Lipinski definition) is 4. The number of rotatable bonds is 4. The number of benzene rings is 1. The summed E-state index contributed by atoms with van der Waals surface area (Å²) in [5.74, 6) is -2.34. The van der Waals surface area contributed by atoms with Crippen molar-refractivity contribution >= 4 is 35.4 Å². The number of methoxy groups -OCH3 is 1. The first-order chi connectivity index (χ1) is 16.3. The first kappa shape index (κ1) is 22.9. The molecule has 1 atom stereocenters. The Hall–Kier alpha value is -4.30. The Morgan fingerprint density at radius 2 is 2.15 bits per heavy atom. The van der Waals surface area contributed by atoms with E-state index in [1.165, 1.54) is 11.1 Å². The van der Waals surface area contributed by atoms with Gasteiger partial charge in [-0.3, -0.25) is 9.51 Å². The number of ether oxygens (including phenoxy) is 1. The first-order valence-corrected chi connectivity index (χ1v) is 10.1. The summed E-state index contributed by atoms with van der Waals surface area (Å²) in [6, 6.07) is 7.16. The van der Waals surface area contributed by atoms with Crippen LogP contribution < -0.4 is 16.3 Å². The molecule has 0 unspecified atom stereocenters. The molecular weight excluding hydrogens is 472 g/mol. The van der Waals surface area contributed by atoms with Crippen LogP contribution in [-0.4, -0.2) is 53.9 Å². The van der Waals surface area contributed by atoms with E-state index in [4.69, 9.17) is 22.6 Å². The molecule has 176 valence electrons. The summed E-state index contributed by atoms with van der Waals surface area (Å²) >= 11 is 5.67. The number of aromatic carboxylic acids is 1. The molecule has 4 aromatic rings. The molecule has 1 aliphatic carbocycles. The molecule has 0 bridgehead atoms. The van der Waals surface area contributed by atoms with Crippen molar-refractivity contribution in [2.24, 2.45) is 0 Å². The van der Waals surface area contributed by atoms with Gasteiger partial charge in [0.1, 0.15) is 0 Å². The normalized spacial score (nSPS) is 14.4. The molecule has 15 heteroatoms. The fraction of sp³-hybridized carbons (Fsp3) is 0.211. The van der Waals surface area contributed by atoms with Gasteiger partial charge in [0, 0.05) is 17.7 Å². The average molecular weight is 489 g/mol. The zero-order valence-electron chi connectivity index (χ0n) is 17.5. The smallest absolute Gasteiger partial charge is 0.439 e. The Bertz CT molecular complexity index is 1440. The number of nitrogens with one attached hydrogen (secondary N) is 2. The van der Waals surface area contributed by atoms with Gasteiger partial charge in [-0.25, -0.2) is 24.2 Å². The van der Waals surface area contributed by atoms with E-state index in [0.29, 0.717) is 5.82 Å². The highest BCUT2D eigenvalue weighted by Gasteiger charge is 2.22. The minimum atomic E-state index is -1.29. The van der Waals surface area contributed by atoms with Gasteiger partial charge in [0.05, 0.1) is 7.11 Å². The summed E-state index contributed by atoms with van der Waals surface area (Å²) < 4.78 is 10.0. The number of nitrogens with zero attached hydrogens (tertiary/aromatic N) is 5. The molecule has 0 radical (unpaired) electrons. The van der Waals surface area contributed by atoms with Crippen LogP contribution in [0, 0.1) is 0 Å². The Morgan fingerprint density at radius 3 is 2.79 bits per heavy atom. The standard InChI is InChI=1S/C11H10ClN3O2.C8H7N5O4/c12-14-9-4-2-6-5-7(1-3-8(6)9)10-13-11(16)17-15-10;1-17-6(16)4-2-3(5(14)15)10-8-11-7(9)12-13(4)8/h1,3,5,9,14H,2,4H2,(H,13,15,16);2H,1H3,(H2,9,12)(H,14,15)/t9-;/m0./s1. The largest absolute Gasteiger partial charge is 0.477 e. The van der Waals surface area contributed by atoms with Gasteiger partial charge in [-0.2, -0.15) is 9.50 Å². The van der Waals surface area contributed by atoms with Crippen molar-refractivity contribution < 1.29 is 24.0 Å². The second-order valence-corrected chi connectivity index (χ2v) is 7.28. The number of hydrogen-bond acceptors (Lipinski definition) is 11. The molecule has 14 nitrogen and oxygen atoms in total. The van der Waals surface area contributed by atoms with Gasteiger partial charge in [-0.05, 0) is 41.8 Å². The predicted octanol–water partition coefficient (Wildman–Crippen LogP) is 0.952. The molecule has 5 N–H and O–H groups in total. The number of anilines is 1. The van der Waals surface area contributed by atoms with Gasteiger partial charge in [0.2, 0.25) is 5.95 Å². The minimum absolute atomic E-state index is 0.0807. The summed E-state index contributed by atoms with van der Waals surface area (Å²) in [7, 11) is 1.16. The number of fused-ring (bicyclic) bond motifs is 2. The van der Waals surface area contributed by atoms with Crippen molar-refractivity contribution in [3.63, 3.8) is 0 Å². The molecule has 3 heterocycles. The number of carboxylic acid groups (broad SMARTS) is 1. The second kappa shape index (κ2) is 9.29. The average Bonchev–Trinajstić information content (AvgIpc) is 3.54. The number of halogens is 1. The summed E-state index contributed by atoms with van der Waals surface area (Å²) in [5.41, 5.74) is 8.17. The Balaban J connectivity index is 0.000000161. The number of carboxylic acids is 1. The molecule has 0 amide bonds. The van der Waals surface area contributed by atoms with E-state index < -0.39 is 17.7 Å². The molecule has 34 heavy (non-hydrogen) atoms. The van der Waals surface area contributed by atoms with Crippen LogP contribution in [0.3, 0.4) is 0 Å².